The van der Waals surface area contributed by atoms with Crippen LogP contribution in [0.2, 0.25) is 5.02 Å². The highest BCUT2D eigenvalue weighted by Gasteiger charge is 2.42. The van der Waals surface area contributed by atoms with E-state index in [9.17, 15) is 18.0 Å². The molecule has 1 unspecified atom stereocenters. The normalized spacial score (nSPS) is 17.9. The van der Waals surface area contributed by atoms with Crippen molar-refractivity contribution in [1.29, 1.82) is 0 Å². The fraction of sp³-hybridized carbons (Fsp3) is 0.455. The monoisotopic (exact) mass is 482 g/mol. The Labute approximate surface area is 193 Å². The maximum Gasteiger partial charge on any atom is 0.411 e. The average Bonchev–Trinajstić information content (AvgIpc) is 2.71. The molecule has 2 aromatic rings. The fourth-order valence-electron chi connectivity index (χ4n) is 3.46. The molecule has 0 radical (unpaired) electrons. The molecular formula is C22H27ClN2O6S. The summed E-state index contributed by atoms with van der Waals surface area (Å²) in [7, 11) is -3.92. The molecule has 1 aliphatic rings. The van der Waals surface area contributed by atoms with Gasteiger partial charge in [0.2, 0.25) is 10.0 Å². The van der Waals surface area contributed by atoms with Crippen LogP contribution in [-0.2, 0) is 24.3 Å². The Hall–Kier alpha value is -2.36. The zero-order valence-corrected chi connectivity index (χ0v) is 20.1. The number of carbonyl (C=O) groups is 2. The number of carbonyl (C=O) groups excluding carboxylic acids is 2. The molecule has 8 nitrogen and oxygen atoms in total. The van der Waals surface area contributed by atoms with E-state index < -0.39 is 33.7 Å². The van der Waals surface area contributed by atoms with Gasteiger partial charge in [-0.2, -0.15) is 4.31 Å². The first-order valence-corrected chi connectivity index (χ1v) is 12.1. The lowest BCUT2D eigenvalue weighted by Crippen LogP contribution is -2.60. The van der Waals surface area contributed by atoms with E-state index in [1.807, 2.05) is 0 Å². The number of hydrogen-bond donors (Lipinski definition) is 0. The van der Waals surface area contributed by atoms with Gasteiger partial charge in [0, 0.05) is 24.7 Å². The minimum atomic E-state index is -3.92. The van der Waals surface area contributed by atoms with Crippen LogP contribution in [0.15, 0.2) is 41.3 Å². The van der Waals surface area contributed by atoms with Crippen LogP contribution in [0.4, 0.5) is 4.79 Å². The molecule has 0 N–H and O–H groups in total. The summed E-state index contributed by atoms with van der Waals surface area (Å²) in [6.45, 7) is 6.72. The largest absolute Gasteiger partial charge is 0.464 e. The lowest BCUT2D eigenvalue weighted by atomic mass is 10.1. The lowest BCUT2D eigenvalue weighted by Gasteiger charge is -2.39. The Balaban J connectivity index is 1.89. The number of halogens is 1. The Kier molecular flexibility index (Phi) is 7.02. The molecule has 1 amide bonds. The maximum atomic E-state index is 13.3. The van der Waals surface area contributed by atoms with Crippen molar-refractivity contribution in [3.05, 3.63) is 41.4 Å². The van der Waals surface area contributed by atoms with Crippen LogP contribution >= 0.6 is 11.6 Å². The second kappa shape index (κ2) is 9.25. The van der Waals surface area contributed by atoms with E-state index in [-0.39, 0.29) is 31.1 Å². The number of esters is 1. The highest BCUT2D eigenvalue weighted by molar-refractivity contribution is 7.89. The molecule has 2 aromatic carbocycles. The summed E-state index contributed by atoms with van der Waals surface area (Å²) < 4.78 is 38.4. The first-order valence-electron chi connectivity index (χ1n) is 10.3. The predicted molar refractivity (Wildman–Crippen MR) is 121 cm³/mol. The molecule has 174 valence electrons. The summed E-state index contributed by atoms with van der Waals surface area (Å²) in [6, 6.07) is 8.86. The Morgan fingerprint density at radius 1 is 1.09 bits per heavy atom. The Bertz CT molecular complexity index is 1130. The summed E-state index contributed by atoms with van der Waals surface area (Å²) in [5.74, 6) is -0.675. The van der Waals surface area contributed by atoms with E-state index in [2.05, 4.69) is 0 Å². The molecule has 1 aliphatic heterocycles. The highest BCUT2D eigenvalue weighted by Crippen LogP contribution is 2.26. The number of piperazine rings is 1. The SMILES string of the molecule is CCOC(=O)C1CN(S(=O)(=O)c2ccc3cc(Cl)ccc3c2)CCN1C(=O)OC(C)(C)C. The molecule has 1 heterocycles. The molecule has 10 heteroatoms. The second-order valence-corrected chi connectivity index (χ2v) is 10.8. The van der Waals surface area contributed by atoms with Crippen molar-refractivity contribution in [2.75, 3.05) is 26.2 Å². The summed E-state index contributed by atoms with van der Waals surface area (Å²) >= 11 is 6.01. The quantitative estimate of drug-likeness (QED) is 0.617. The van der Waals surface area contributed by atoms with Gasteiger partial charge in [0.05, 0.1) is 11.5 Å². The van der Waals surface area contributed by atoms with Gasteiger partial charge in [-0.05, 0) is 62.7 Å². The number of ether oxygens (including phenoxy) is 2. The van der Waals surface area contributed by atoms with Gasteiger partial charge in [-0.1, -0.05) is 23.7 Å². The van der Waals surface area contributed by atoms with Crippen molar-refractivity contribution < 1.29 is 27.5 Å². The third-order valence-corrected chi connectivity index (χ3v) is 7.04. The van der Waals surface area contributed by atoms with Gasteiger partial charge < -0.3 is 9.47 Å². The molecule has 0 bridgehead atoms. The molecular weight excluding hydrogens is 456 g/mol. The molecule has 1 fully saturated rings. The zero-order chi connectivity index (χ0) is 23.7. The molecule has 0 saturated carbocycles. The van der Waals surface area contributed by atoms with Crippen LogP contribution in [0, 0.1) is 0 Å². The third-order valence-electron chi connectivity index (χ3n) is 4.94. The standard InChI is InChI=1S/C22H27ClN2O6S/c1-5-30-20(26)19-14-24(10-11-25(19)21(27)31-22(2,3)4)32(28,29)18-9-7-15-12-17(23)8-6-16(15)13-18/h6-9,12-13,19H,5,10-11,14H2,1-4H3. The summed E-state index contributed by atoms with van der Waals surface area (Å²) in [5, 5.41) is 2.10. The Morgan fingerprint density at radius 2 is 1.75 bits per heavy atom. The maximum absolute atomic E-state index is 13.3. The first kappa shape index (κ1) is 24.3. The van der Waals surface area contributed by atoms with Crippen LogP contribution in [-0.4, -0.2) is 67.6 Å². The molecule has 1 atom stereocenters. The van der Waals surface area contributed by atoms with Crippen molar-refractivity contribution in [3.63, 3.8) is 0 Å². The number of rotatable bonds is 4. The smallest absolute Gasteiger partial charge is 0.411 e. The number of hydrogen-bond acceptors (Lipinski definition) is 6. The van der Waals surface area contributed by atoms with E-state index >= 15 is 0 Å². The predicted octanol–water partition coefficient (Wildman–Crippen LogP) is 3.67. The van der Waals surface area contributed by atoms with E-state index in [0.717, 1.165) is 10.8 Å². The summed E-state index contributed by atoms with van der Waals surface area (Å²) in [5.41, 5.74) is -0.756. The van der Waals surface area contributed by atoms with Gasteiger partial charge in [-0.3, -0.25) is 4.90 Å². The van der Waals surface area contributed by atoms with Crippen LogP contribution in [0.5, 0.6) is 0 Å². The van der Waals surface area contributed by atoms with Crippen molar-refractivity contribution in [3.8, 4) is 0 Å². The Morgan fingerprint density at radius 3 is 2.41 bits per heavy atom. The number of amides is 1. The van der Waals surface area contributed by atoms with Gasteiger partial charge in [-0.15, -0.1) is 0 Å². The van der Waals surface area contributed by atoms with Crippen LogP contribution in [0.3, 0.4) is 0 Å². The first-order chi connectivity index (χ1) is 14.9. The zero-order valence-electron chi connectivity index (χ0n) is 18.5. The van der Waals surface area contributed by atoms with Crippen LogP contribution < -0.4 is 0 Å². The molecule has 0 aliphatic carbocycles. The molecule has 1 saturated heterocycles. The minimum Gasteiger partial charge on any atom is -0.464 e. The van der Waals surface area contributed by atoms with Gasteiger partial charge in [0.1, 0.15) is 11.6 Å². The number of nitrogens with zero attached hydrogens (tertiary/aromatic N) is 2. The second-order valence-electron chi connectivity index (χ2n) is 8.46. The average molecular weight is 483 g/mol. The van der Waals surface area contributed by atoms with Crippen LogP contribution in [0.1, 0.15) is 27.7 Å². The molecule has 32 heavy (non-hydrogen) atoms. The van der Waals surface area contributed by atoms with Gasteiger partial charge >= 0.3 is 12.1 Å². The highest BCUT2D eigenvalue weighted by atomic mass is 35.5. The molecule has 3 rings (SSSR count). The van der Waals surface area contributed by atoms with Crippen molar-refractivity contribution in [2.45, 2.75) is 44.2 Å². The van der Waals surface area contributed by atoms with Gasteiger partial charge in [-0.25, -0.2) is 18.0 Å². The summed E-state index contributed by atoms with van der Waals surface area (Å²) in [6.07, 6.45) is -0.685. The number of benzene rings is 2. The minimum absolute atomic E-state index is 0.000807. The van der Waals surface area contributed by atoms with E-state index in [0.29, 0.717) is 5.02 Å². The van der Waals surface area contributed by atoms with E-state index in [1.165, 1.54) is 15.3 Å². The number of sulfonamides is 1. The van der Waals surface area contributed by atoms with Crippen molar-refractivity contribution >= 4 is 44.5 Å². The van der Waals surface area contributed by atoms with Crippen LogP contribution in [0.25, 0.3) is 10.8 Å². The van der Waals surface area contributed by atoms with Gasteiger partial charge in [0.15, 0.2) is 0 Å². The fourth-order valence-corrected chi connectivity index (χ4v) is 5.11. The molecule has 0 spiro atoms. The lowest BCUT2D eigenvalue weighted by molar-refractivity contribution is -0.150. The summed E-state index contributed by atoms with van der Waals surface area (Å²) in [4.78, 5) is 26.6. The van der Waals surface area contributed by atoms with Gasteiger partial charge in [0.25, 0.3) is 0 Å². The van der Waals surface area contributed by atoms with Crippen molar-refractivity contribution in [1.82, 2.24) is 9.21 Å². The van der Waals surface area contributed by atoms with Crippen molar-refractivity contribution in [2.24, 2.45) is 0 Å². The van der Waals surface area contributed by atoms with E-state index in [1.54, 1.807) is 58.0 Å². The topological polar surface area (TPSA) is 93.2 Å². The molecule has 0 aromatic heterocycles. The number of fused-ring (bicyclic) bond motifs is 1. The third kappa shape index (κ3) is 5.33. The van der Waals surface area contributed by atoms with E-state index in [4.69, 9.17) is 21.1 Å².